The van der Waals surface area contributed by atoms with Crippen LogP contribution >= 0.6 is 23.4 Å². The number of benzene rings is 1. The van der Waals surface area contributed by atoms with E-state index in [4.69, 9.17) is 21.4 Å². The predicted octanol–water partition coefficient (Wildman–Crippen LogP) is 2.43. The topological polar surface area (TPSA) is 49.8 Å². The van der Waals surface area contributed by atoms with Crippen molar-refractivity contribution in [3.63, 3.8) is 0 Å². The van der Waals surface area contributed by atoms with Crippen molar-refractivity contribution < 1.29 is 14.6 Å². The number of amides is 1. The molecule has 1 aliphatic heterocycles. The van der Waals surface area contributed by atoms with E-state index in [2.05, 4.69) is 0 Å². The summed E-state index contributed by atoms with van der Waals surface area (Å²) in [5.74, 6) is 0.611. The lowest BCUT2D eigenvalue weighted by atomic mass is 10.1. The average Bonchev–Trinajstić information content (AvgIpc) is 2.52. The Morgan fingerprint density at radius 2 is 2.00 bits per heavy atom. The number of thioether (sulfide) groups is 1. The summed E-state index contributed by atoms with van der Waals surface area (Å²) in [6, 6.07) is 7.52. The molecule has 6 heteroatoms. The summed E-state index contributed by atoms with van der Waals surface area (Å²) in [6.07, 6.45) is 1.86. The lowest BCUT2D eigenvalue weighted by Gasteiger charge is -2.31. The molecule has 0 atom stereocenters. The van der Waals surface area contributed by atoms with E-state index in [0.29, 0.717) is 17.4 Å². The molecule has 0 unspecified atom stereocenters. The van der Waals surface area contributed by atoms with Gasteiger partial charge in [-0.15, -0.1) is 11.8 Å². The minimum atomic E-state index is 0.0525. The first-order valence-electron chi connectivity index (χ1n) is 7.07. The third-order valence-electron chi connectivity index (χ3n) is 3.42. The SMILES string of the molecule is O=C(CSc1ccc(Cl)cc1)N1CCC(OCCO)CC1. The first-order valence-corrected chi connectivity index (χ1v) is 8.44. The highest BCUT2D eigenvalue weighted by atomic mass is 35.5. The van der Waals surface area contributed by atoms with Crippen LogP contribution in [0.5, 0.6) is 0 Å². The number of aliphatic hydroxyl groups is 1. The van der Waals surface area contributed by atoms with E-state index >= 15 is 0 Å². The van der Waals surface area contributed by atoms with Crippen LogP contribution in [0.15, 0.2) is 29.2 Å². The first kappa shape index (κ1) is 16.6. The molecule has 4 nitrogen and oxygen atoms in total. The van der Waals surface area contributed by atoms with Crippen LogP contribution < -0.4 is 0 Å². The Labute approximate surface area is 134 Å². The smallest absolute Gasteiger partial charge is 0.232 e. The number of nitrogens with zero attached hydrogens (tertiary/aromatic N) is 1. The van der Waals surface area contributed by atoms with Gasteiger partial charge in [0.15, 0.2) is 0 Å². The maximum Gasteiger partial charge on any atom is 0.232 e. The number of piperidine rings is 1. The lowest BCUT2D eigenvalue weighted by Crippen LogP contribution is -2.41. The Hall–Kier alpha value is -0.750. The van der Waals surface area contributed by atoms with E-state index in [9.17, 15) is 4.79 Å². The fourth-order valence-electron chi connectivity index (χ4n) is 2.26. The molecule has 1 aromatic carbocycles. The molecule has 1 heterocycles. The second kappa shape index (κ2) is 8.63. The molecule has 116 valence electrons. The molecule has 0 aliphatic carbocycles. The van der Waals surface area contributed by atoms with Crippen LogP contribution in [0, 0.1) is 0 Å². The van der Waals surface area contributed by atoms with Crippen molar-refractivity contribution in [2.75, 3.05) is 32.1 Å². The minimum Gasteiger partial charge on any atom is -0.394 e. The Balaban J connectivity index is 1.71. The molecular weight excluding hydrogens is 310 g/mol. The predicted molar refractivity (Wildman–Crippen MR) is 84.8 cm³/mol. The van der Waals surface area contributed by atoms with Gasteiger partial charge in [-0.2, -0.15) is 0 Å². The Morgan fingerprint density at radius 3 is 2.62 bits per heavy atom. The van der Waals surface area contributed by atoms with Crippen LogP contribution in [0.25, 0.3) is 0 Å². The lowest BCUT2D eigenvalue weighted by molar-refractivity contribution is -0.131. The van der Waals surface area contributed by atoms with Crippen molar-refractivity contribution in [2.24, 2.45) is 0 Å². The van der Waals surface area contributed by atoms with Crippen LogP contribution in [0.2, 0.25) is 5.02 Å². The van der Waals surface area contributed by atoms with E-state index in [-0.39, 0.29) is 18.6 Å². The standard InChI is InChI=1S/C15H20ClNO3S/c16-12-1-3-14(4-2-12)21-11-15(19)17-7-5-13(6-8-17)20-10-9-18/h1-4,13,18H,5-11H2. The highest BCUT2D eigenvalue weighted by molar-refractivity contribution is 8.00. The maximum atomic E-state index is 12.2. The number of hydrogen-bond donors (Lipinski definition) is 1. The van der Waals surface area contributed by atoms with Crippen molar-refractivity contribution in [2.45, 2.75) is 23.8 Å². The average molecular weight is 330 g/mol. The molecule has 1 aromatic rings. The molecule has 21 heavy (non-hydrogen) atoms. The van der Waals surface area contributed by atoms with Gasteiger partial charge in [0.05, 0.1) is 25.1 Å². The Morgan fingerprint density at radius 1 is 1.33 bits per heavy atom. The van der Waals surface area contributed by atoms with Gasteiger partial charge >= 0.3 is 0 Å². The van der Waals surface area contributed by atoms with Crippen molar-refractivity contribution >= 4 is 29.3 Å². The third-order valence-corrected chi connectivity index (χ3v) is 4.66. The zero-order valence-electron chi connectivity index (χ0n) is 11.8. The van der Waals surface area contributed by atoms with Crippen LogP contribution in [-0.4, -0.2) is 54.1 Å². The summed E-state index contributed by atoms with van der Waals surface area (Å²) in [5.41, 5.74) is 0. The number of ether oxygens (including phenoxy) is 1. The number of rotatable bonds is 6. The first-order chi connectivity index (χ1) is 10.2. The second-order valence-electron chi connectivity index (χ2n) is 4.92. The molecule has 1 saturated heterocycles. The summed E-state index contributed by atoms with van der Waals surface area (Å²) >= 11 is 7.37. The summed E-state index contributed by atoms with van der Waals surface area (Å²) < 4.78 is 5.49. The van der Waals surface area contributed by atoms with E-state index in [0.717, 1.165) is 30.8 Å². The van der Waals surface area contributed by atoms with Crippen LogP contribution in [0.4, 0.5) is 0 Å². The highest BCUT2D eigenvalue weighted by Gasteiger charge is 2.22. The zero-order valence-corrected chi connectivity index (χ0v) is 13.4. The Bertz CT molecular complexity index is 447. The third kappa shape index (κ3) is 5.51. The maximum absolute atomic E-state index is 12.2. The van der Waals surface area contributed by atoms with Gasteiger partial charge in [-0.05, 0) is 37.1 Å². The number of likely N-dealkylation sites (tertiary alicyclic amines) is 1. The summed E-state index contributed by atoms with van der Waals surface area (Å²) in [4.78, 5) is 15.1. The fraction of sp³-hybridized carbons (Fsp3) is 0.533. The number of aliphatic hydroxyl groups excluding tert-OH is 1. The molecule has 0 spiro atoms. The highest BCUT2D eigenvalue weighted by Crippen LogP contribution is 2.22. The van der Waals surface area contributed by atoms with Gasteiger partial charge in [-0.1, -0.05) is 11.6 Å². The fourth-order valence-corrected chi connectivity index (χ4v) is 3.19. The van der Waals surface area contributed by atoms with Gasteiger partial charge in [0.25, 0.3) is 0 Å². The van der Waals surface area contributed by atoms with Crippen molar-refractivity contribution in [1.82, 2.24) is 4.90 Å². The number of halogens is 1. The molecule has 1 amide bonds. The second-order valence-corrected chi connectivity index (χ2v) is 6.40. The zero-order chi connectivity index (χ0) is 15.1. The molecular formula is C15H20ClNO3S. The van der Waals surface area contributed by atoms with Gasteiger partial charge in [-0.25, -0.2) is 0 Å². The van der Waals surface area contributed by atoms with Crippen LogP contribution in [0.3, 0.4) is 0 Å². The molecule has 1 N–H and O–H groups in total. The summed E-state index contributed by atoms with van der Waals surface area (Å²) in [6.45, 7) is 1.90. The molecule has 1 fully saturated rings. The number of carbonyl (C=O) groups is 1. The van der Waals surface area contributed by atoms with Gasteiger partial charge in [0.1, 0.15) is 0 Å². The minimum absolute atomic E-state index is 0.0525. The monoisotopic (exact) mass is 329 g/mol. The number of hydrogen-bond acceptors (Lipinski definition) is 4. The number of carbonyl (C=O) groups excluding carboxylic acids is 1. The van der Waals surface area contributed by atoms with Gasteiger partial charge in [-0.3, -0.25) is 4.79 Å². The summed E-state index contributed by atoms with van der Waals surface area (Å²) in [7, 11) is 0. The summed E-state index contributed by atoms with van der Waals surface area (Å²) in [5, 5.41) is 9.44. The van der Waals surface area contributed by atoms with E-state index in [1.165, 1.54) is 11.8 Å². The largest absolute Gasteiger partial charge is 0.394 e. The molecule has 0 bridgehead atoms. The van der Waals surface area contributed by atoms with Crippen molar-refractivity contribution in [1.29, 1.82) is 0 Å². The van der Waals surface area contributed by atoms with Crippen molar-refractivity contribution in [3.05, 3.63) is 29.3 Å². The molecule has 0 radical (unpaired) electrons. The molecule has 0 aromatic heterocycles. The molecule has 0 saturated carbocycles. The van der Waals surface area contributed by atoms with Crippen molar-refractivity contribution in [3.8, 4) is 0 Å². The van der Waals surface area contributed by atoms with Gasteiger partial charge in [0.2, 0.25) is 5.91 Å². The van der Waals surface area contributed by atoms with E-state index in [1.54, 1.807) is 0 Å². The van der Waals surface area contributed by atoms with Crippen LogP contribution in [-0.2, 0) is 9.53 Å². The normalized spacial score (nSPS) is 16.2. The van der Waals surface area contributed by atoms with E-state index < -0.39 is 0 Å². The molecule has 2 rings (SSSR count). The van der Waals surface area contributed by atoms with Crippen LogP contribution in [0.1, 0.15) is 12.8 Å². The van der Waals surface area contributed by atoms with Gasteiger partial charge in [0, 0.05) is 23.0 Å². The van der Waals surface area contributed by atoms with E-state index in [1.807, 2.05) is 29.2 Å². The molecule has 1 aliphatic rings. The quantitative estimate of drug-likeness (QED) is 0.814. The van der Waals surface area contributed by atoms with Gasteiger partial charge < -0.3 is 14.7 Å². The Kier molecular flexibility index (Phi) is 6.83.